The van der Waals surface area contributed by atoms with Crippen LogP contribution < -0.4 is 5.32 Å². The van der Waals surface area contributed by atoms with Gasteiger partial charge in [0.2, 0.25) is 0 Å². The van der Waals surface area contributed by atoms with Gasteiger partial charge >= 0.3 is 0 Å². The van der Waals surface area contributed by atoms with Gasteiger partial charge in [0.15, 0.2) is 11.3 Å². The van der Waals surface area contributed by atoms with Gasteiger partial charge in [-0.3, -0.25) is 4.79 Å². The molecule has 0 saturated heterocycles. The van der Waals surface area contributed by atoms with Crippen LogP contribution in [0.4, 0.5) is 17.6 Å². The van der Waals surface area contributed by atoms with E-state index in [-0.39, 0.29) is 17.4 Å². The predicted molar refractivity (Wildman–Crippen MR) is 70.1 cm³/mol. The van der Waals surface area contributed by atoms with Crippen LogP contribution in [-0.2, 0) is 0 Å². The molecule has 0 fully saturated rings. The Morgan fingerprint density at radius 1 is 1.27 bits per heavy atom. The molecule has 1 N–H and O–H groups in total. The number of hydrogen-bond donors (Lipinski definition) is 1. The maximum atomic E-state index is 13.0. The standard InChI is InChI=1S/C13H14F4N4O/c1-3-6(2)18-13(22)8-5-10-19-7(11(14)15)4-9(12(16)17)21(10)20-8/h4-6,11-12H,3H2,1-2H3,(H,18,22). The number of nitrogens with one attached hydrogen (secondary N) is 1. The highest BCUT2D eigenvalue weighted by atomic mass is 19.3. The molecule has 0 aliphatic rings. The molecule has 0 aliphatic carbocycles. The second kappa shape index (κ2) is 6.29. The van der Waals surface area contributed by atoms with E-state index in [1.165, 1.54) is 0 Å². The first-order valence-corrected chi connectivity index (χ1v) is 6.61. The van der Waals surface area contributed by atoms with E-state index < -0.39 is 30.1 Å². The average molecular weight is 318 g/mol. The number of halogens is 4. The monoisotopic (exact) mass is 318 g/mol. The van der Waals surface area contributed by atoms with E-state index >= 15 is 0 Å². The summed E-state index contributed by atoms with van der Waals surface area (Å²) >= 11 is 0. The molecule has 9 heteroatoms. The van der Waals surface area contributed by atoms with Gasteiger partial charge in [-0.25, -0.2) is 27.1 Å². The Bertz CT molecular complexity index is 686. The average Bonchev–Trinajstić information content (AvgIpc) is 2.89. The lowest BCUT2D eigenvalue weighted by Crippen LogP contribution is -2.32. The van der Waals surface area contributed by atoms with E-state index in [4.69, 9.17) is 0 Å². The molecule has 2 aromatic heterocycles. The Morgan fingerprint density at radius 3 is 2.50 bits per heavy atom. The lowest BCUT2D eigenvalue weighted by molar-refractivity contribution is 0.0932. The number of alkyl halides is 4. The highest BCUT2D eigenvalue weighted by molar-refractivity contribution is 5.93. The normalized spacial score (nSPS) is 13.1. The molecule has 1 unspecified atom stereocenters. The summed E-state index contributed by atoms with van der Waals surface area (Å²) in [7, 11) is 0. The second-order valence-corrected chi connectivity index (χ2v) is 4.79. The molecule has 2 heterocycles. The van der Waals surface area contributed by atoms with E-state index in [0.717, 1.165) is 6.07 Å². The van der Waals surface area contributed by atoms with Crippen LogP contribution >= 0.6 is 0 Å². The minimum absolute atomic E-state index is 0.128. The van der Waals surface area contributed by atoms with Crippen molar-refractivity contribution in [2.24, 2.45) is 0 Å². The molecule has 2 aromatic rings. The first-order valence-electron chi connectivity index (χ1n) is 6.61. The molecule has 0 radical (unpaired) electrons. The summed E-state index contributed by atoms with van der Waals surface area (Å²) in [5.41, 5.74) is -1.89. The molecular formula is C13H14F4N4O. The molecule has 0 saturated carbocycles. The molecular weight excluding hydrogens is 304 g/mol. The van der Waals surface area contributed by atoms with Gasteiger partial charge in [-0.2, -0.15) is 5.10 Å². The first-order chi connectivity index (χ1) is 10.3. The maximum Gasteiger partial charge on any atom is 0.280 e. The molecule has 120 valence electrons. The van der Waals surface area contributed by atoms with E-state index in [9.17, 15) is 22.4 Å². The Labute approximate surface area is 123 Å². The zero-order valence-electron chi connectivity index (χ0n) is 11.9. The molecule has 2 rings (SSSR count). The summed E-state index contributed by atoms with van der Waals surface area (Å²) in [6.45, 7) is 3.63. The molecule has 22 heavy (non-hydrogen) atoms. The lowest BCUT2D eigenvalue weighted by atomic mass is 10.2. The second-order valence-electron chi connectivity index (χ2n) is 4.79. The van der Waals surface area contributed by atoms with Crippen LogP contribution in [0.3, 0.4) is 0 Å². The molecule has 5 nitrogen and oxygen atoms in total. The van der Waals surface area contributed by atoms with Crippen LogP contribution in [0.2, 0.25) is 0 Å². The summed E-state index contributed by atoms with van der Waals surface area (Å²) in [6.07, 6.45) is -5.34. The van der Waals surface area contributed by atoms with Crippen LogP contribution in [0.1, 0.15) is 55.0 Å². The third-order valence-electron chi connectivity index (χ3n) is 3.14. The first kappa shape index (κ1) is 16.2. The van der Waals surface area contributed by atoms with Crippen molar-refractivity contribution in [2.45, 2.75) is 39.2 Å². The summed E-state index contributed by atoms with van der Waals surface area (Å²) in [6, 6.07) is 1.57. The topological polar surface area (TPSA) is 59.3 Å². The number of carbonyl (C=O) groups is 1. The zero-order valence-corrected chi connectivity index (χ0v) is 11.9. The minimum Gasteiger partial charge on any atom is -0.348 e. The number of nitrogens with zero attached hydrogens (tertiary/aromatic N) is 3. The van der Waals surface area contributed by atoms with Crippen molar-refractivity contribution in [3.05, 3.63) is 29.2 Å². The van der Waals surface area contributed by atoms with Crippen LogP contribution in [-0.4, -0.2) is 26.5 Å². The van der Waals surface area contributed by atoms with Gasteiger partial charge in [0.1, 0.15) is 11.4 Å². The third kappa shape index (κ3) is 3.18. The smallest absolute Gasteiger partial charge is 0.280 e. The van der Waals surface area contributed by atoms with Gasteiger partial charge in [0.25, 0.3) is 18.8 Å². The number of amides is 1. The quantitative estimate of drug-likeness (QED) is 0.862. The minimum atomic E-state index is -3.02. The zero-order chi connectivity index (χ0) is 16.4. The SMILES string of the molecule is CCC(C)NC(=O)c1cc2nc(C(F)F)cc(C(F)F)n2n1. The van der Waals surface area contributed by atoms with Crippen LogP contribution in [0.15, 0.2) is 12.1 Å². The van der Waals surface area contributed by atoms with Gasteiger partial charge in [-0.1, -0.05) is 6.92 Å². The van der Waals surface area contributed by atoms with Gasteiger partial charge < -0.3 is 5.32 Å². The van der Waals surface area contributed by atoms with Crippen molar-refractivity contribution in [3.63, 3.8) is 0 Å². The summed E-state index contributed by atoms with van der Waals surface area (Å²) in [5.74, 6) is -0.571. The van der Waals surface area contributed by atoms with E-state index in [1.807, 2.05) is 6.92 Å². The van der Waals surface area contributed by atoms with E-state index in [2.05, 4.69) is 15.4 Å². The van der Waals surface area contributed by atoms with Crippen molar-refractivity contribution < 1.29 is 22.4 Å². The number of carbonyl (C=O) groups excluding carboxylic acids is 1. The Morgan fingerprint density at radius 2 is 1.95 bits per heavy atom. The van der Waals surface area contributed by atoms with Crippen molar-refractivity contribution in [2.75, 3.05) is 0 Å². The summed E-state index contributed by atoms with van der Waals surface area (Å²) in [5, 5.41) is 6.35. The fraction of sp³-hybridized carbons (Fsp3) is 0.462. The largest absolute Gasteiger partial charge is 0.348 e. The Balaban J connectivity index is 2.48. The van der Waals surface area contributed by atoms with Gasteiger partial charge in [-0.05, 0) is 19.4 Å². The van der Waals surface area contributed by atoms with Crippen molar-refractivity contribution >= 4 is 11.6 Å². The molecule has 1 atom stereocenters. The molecule has 1 amide bonds. The van der Waals surface area contributed by atoms with E-state index in [1.54, 1.807) is 6.92 Å². The number of rotatable bonds is 5. The van der Waals surface area contributed by atoms with Crippen LogP contribution in [0.25, 0.3) is 5.65 Å². The molecule has 0 aliphatic heterocycles. The highest BCUT2D eigenvalue weighted by Crippen LogP contribution is 2.25. The predicted octanol–water partition coefficient (Wildman–Crippen LogP) is 3.13. The van der Waals surface area contributed by atoms with Crippen molar-refractivity contribution in [1.82, 2.24) is 19.9 Å². The Kier molecular flexibility index (Phi) is 4.62. The van der Waals surface area contributed by atoms with Crippen LogP contribution in [0, 0.1) is 0 Å². The highest BCUT2D eigenvalue weighted by Gasteiger charge is 2.22. The number of aromatic nitrogens is 3. The molecule has 0 bridgehead atoms. The van der Waals surface area contributed by atoms with Gasteiger partial charge in [0, 0.05) is 12.1 Å². The fourth-order valence-corrected chi connectivity index (χ4v) is 1.80. The number of hydrogen-bond acceptors (Lipinski definition) is 3. The summed E-state index contributed by atoms with van der Waals surface area (Å²) < 4.78 is 52.1. The molecule has 0 aromatic carbocycles. The maximum absolute atomic E-state index is 13.0. The summed E-state index contributed by atoms with van der Waals surface area (Å²) in [4.78, 5) is 15.5. The van der Waals surface area contributed by atoms with E-state index in [0.29, 0.717) is 17.0 Å². The third-order valence-corrected chi connectivity index (χ3v) is 3.14. The lowest BCUT2D eigenvalue weighted by Gasteiger charge is -2.09. The molecule has 0 spiro atoms. The Hall–Kier alpha value is -2.19. The number of fused-ring (bicyclic) bond motifs is 1. The fourth-order valence-electron chi connectivity index (χ4n) is 1.80. The van der Waals surface area contributed by atoms with Gasteiger partial charge in [0.05, 0.1) is 0 Å². The van der Waals surface area contributed by atoms with Crippen molar-refractivity contribution in [1.29, 1.82) is 0 Å². The van der Waals surface area contributed by atoms with Crippen molar-refractivity contribution in [3.8, 4) is 0 Å². The van der Waals surface area contributed by atoms with Gasteiger partial charge in [-0.15, -0.1) is 0 Å². The van der Waals surface area contributed by atoms with Crippen LogP contribution in [0.5, 0.6) is 0 Å².